The normalized spacial score (nSPS) is 11.8. The summed E-state index contributed by atoms with van der Waals surface area (Å²) >= 11 is 0. The largest absolute Gasteiger partial charge is 0.309 e. The standard InChI is InChI=1S/C51H31N7/c1-2-19-39-37(17-1)38-18-3-5-23-44(38)57-46-31-48-41(29-36(46)30-47(39)57)40-20-4-6-24-45(40)58(48)51-55-49(34-15-11-13-32(27-34)42-21-7-9-25-52-42)54-50(56-51)35-16-12-14-33(28-35)43-22-8-10-26-53-43/h1-31H. The molecule has 7 heteroatoms. The van der Waals surface area contributed by atoms with Crippen molar-refractivity contribution in [2.75, 3.05) is 0 Å². The molecule has 6 aromatic carbocycles. The molecule has 6 aromatic heterocycles. The molecule has 0 N–H and O–H groups in total. The maximum atomic E-state index is 5.31. The highest BCUT2D eigenvalue weighted by molar-refractivity contribution is 6.18. The van der Waals surface area contributed by atoms with Gasteiger partial charge >= 0.3 is 0 Å². The van der Waals surface area contributed by atoms with E-state index in [-0.39, 0.29) is 0 Å². The summed E-state index contributed by atoms with van der Waals surface area (Å²) in [5.74, 6) is 1.67. The Morgan fingerprint density at radius 1 is 0.328 bits per heavy atom. The summed E-state index contributed by atoms with van der Waals surface area (Å²) in [5.41, 5.74) is 11.0. The van der Waals surface area contributed by atoms with Gasteiger partial charge in [-0.25, -0.2) is 4.98 Å². The molecule has 0 saturated carbocycles. The zero-order valence-electron chi connectivity index (χ0n) is 31.0. The summed E-state index contributed by atoms with van der Waals surface area (Å²) in [4.78, 5) is 25.1. The number of hydrogen-bond donors (Lipinski definition) is 0. The highest BCUT2D eigenvalue weighted by Crippen LogP contribution is 2.39. The van der Waals surface area contributed by atoms with Crippen LogP contribution in [0.2, 0.25) is 0 Å². The third-order valence-corrected chi connectivity index (χ3v) is 11.2. The molecule has 12 aromatic rings. The van der Waals surface area contributed by atoms with E-state index in [9.17, 15) is 0 Å². The lowest BCUT2D eigenvalue weighted by atomic mass is 10.1. The van der Waals surface area contributed by atoms with Crippen LogP contribution in [0.25, 0.3) is 111 Å². The Hall–Kier alpha value is -8.03. The number of para-hydroxylation sites is 2. The molecule has 12 rings (SSSR count). The Morgan fingerprint density at radius 3 is 1.48 bits per heavy atom. The first-order chi connectivity index (χ1) is 28.7. The van der Waals surface area contributed by atoms with Gasteiger partial charge < -0.3 is 4.40 Å². The molecule has 7 nitrogen and oxygen atoms in total. The first-order valence-corrected chi connectivity index (χ1v) is 19.3. The van der Waals surface area contributed by atoms with E-state index in [1.807, 2.05) is 60.9 Å². The zero-order chi connectivity index (χ0) is 38.2. The third-order valence-electron chi connectivity index (χ3n) is 11.2. The van der Waals surface area contributed by atoms with Crippen LogP contribution in [0.1, 0.15) is 0 Å². The van der Waals surface area contributed by atoms with Crippen LogP contribution in [-0.4, -0.2) is 33.9 Å². The van der Waals surface area contributed by atoms with E-state index in [2.05, 4.69) is 146 Å². The minimum atomic E-state index is 0.535. The van der Waals surface area contributed by atoms with Crippen LogP contribution >= 0.6 is 0 Å². The van der Waals surface area contributed by atoms with Gasteiger partial charge in [-0.1, -0.05) is 109 Å². The van der Waals surface area contributed by atoms with Crippen molar-refractivity contribution < 1.29 is 0 Å². The molecule has 0 aliphatic carbocycles. The summed E-state index contributed by atoms with van der Waals surface area (Å²) in [7, 11) is 0. The number of nitrogens with zero attached hydrogens (tertiary/aromatic N) is 7. The first kappa shape index (κ1) is 32.2. The average Bonchev–Trinajstić information content (AvgIpc) is 3.84. The molecule has 0 atom stereocenters. The van der Waals surface area contributed by atoms with Gasteiger partial charge in [0.05, 0.1) is 39.0 Å². The molecule has 0 spiro atoms. The quantitative estimate of drug-likeness (QED) is 0.164. The minimum Gasteiger partial charge on any atom is -0.309 e. The molecule has 0 unspecified atom stereocenters. The highest BCUT2D eigenvalue weighted by atomic mass is 15.2. The van der Waals surface area contributed by atoms with Crippen molar-refractivity contribution in [2.45, 2.75) is 0 Å². The van der Waals surface area contributed by atoms with Crippen LogP contribution in [0, 0.1) is 0 Å². The number of hydrogen-bond acceptors (Lipinski definition) is 5. The van der Waals surface area contributed by atoms with Gasteiger partial charge in [-0.3, -0.25) is 14.5 Å². The second-order valence-corrected chi connectivity index (χ2v) is 14.6. The summed E-state index contributed by atoms with van der Waals surface area (Å²) in [6, 6.07) is 61.3. The molecule has 58 heavy (non-hydrogen) atoms. The maximum Gasteiger partial charge on any atom is 0.238 e. The number of pyridine rings is 3. The monoisotopic (exact) mass is 741 g/mol. The first-order valence-electron chi connectivity index (χ1n) is 19.3. The zero-order valence-corrected chi connectivity index (χ0v) is 31.0. The average molecular weight is 742 g/mol. The van der Waals surface area contributed by atoms with Gasteiger partial charge in [0, 0.05) is 61.6 Å². The van der Waals surface area contributed by atoms with Crippen molar-refractivity contribution in [3.8, 4) is 51.2 Å². The number of rotatable bonds is 5. The molecule has 0 radical (unpaired) electrons. The fraction of sp³-hybridized carbons (Fsp3) is 0. The topological polar surface area (TPSA) is 73.8 Å². The summed E-state index contributed by atoms with van der Waals surface area (Å²) in [6.45, 7) is 0. The Balaban J connectivity index is 1.15. The molecule has 0 bridgehead atoms. The van der Waals surface area contributed by atoms with Crippen LogP contribution in [0.5, 0.6) is 0 Å². The molecule has 0 fully saturated rings. The van der Waals surface area contributed by atoms with E-state index in [1.54, 1.807) is 0 Å². The third kappa shape index (κ3) is 5.04. The smallest absolute Gasteiger partial charge is 0.238 e. The van der Waals surface area contributed by atoms with Crippen molar-refractivity contribution in [3.05, 3.63) is 188 Å². The van der Waals surface area contributed by atoms with Crippen molar-refractivity contribution in [1.29, 1.82) is 0 Å². The van der Waals surface area contributed by atoms with Crippen LogP contribution in [0.3, 0.4) is 0 Å². The predicted molar refractivity (Wildman–Crippen MR) is 235 cm³/mol. The molecular formula is C51H31N7. The Labute approximate surface area is 332 Å². The van der Waals surface area contributed by atoms with Gasteiger partial charge in [0.15, 0.2) is 11.6 Å². The second-order valence-electron chi connectivity index (χ2n) is 14.6. The van der Waals surface area contributed by atoms with Crippen LogP contribution < -0.4 is 0 Å². The minimum absolute atomic E-state index is 0.535. The Morgan fingerprint density at radius 2 is 0.862 bits per heavy atom. The predicted octanol–water partition coefficient (Wildman–Crippen LogP) is 12.1. The SMILES string of the molecule is c1ccc(-c2cccc(-c3nc(-c4cccc(-c5ccccn5)c4)nc(-n4c5ccccc5c5cc6cc7c8ccccc8c8ccccc8n7c6cc54)n3)c2)nc1. The van der Waals surface area contributed by atoms with E-state index in [0.29, 0.717) is 17.6 Å². The lowest BCUT2D eigenvalue weighted by Crippen LogP contribution is -2.06. The van der Waals surface area contributed by atoms with Crippen molar-refractivity contribution in [3.63, 3.8) is 0 Å². The van der Waals surface area contributed by atoms with Crippen LogP contribution in [0.15, 0.2) is 188 Å². The van der Waals surface area contributed by atoms with Crippen molar-refractivity contribution in [2.24, 2.45) is 0 Å². The lowest BCUT2D eigenvalue weighted by Gasteiger charge is -2.12. The molecule has 270 valence electrons. The molecule has 0 aliphatic heterocycles. The van der Waals surface area contributed by atoms with Crippen molar-refractivity contribution >= 4 is 59.9 Å². The van der Waals surface area contributed by atoms with Gasteiger partial charge in [-0.05, 0) is 72.1 Å². The Bertz CT molecular complexity index is 3470. The number of benzene rings is 6. The van der Waals surface area contributed by atoms with Crippen molar-refractivity contribution in [1.82, 2.24) is 33.9 Å². The maximum absolute atomic E-state index is 5.31. The summed E-state index contributed by atoms with van der Waals surface area (Å²) in [5, 5.41) is 7.12. The number of aromatic nitrogens is 7. The molecule has 0 aliphatic rings. The van der Waals surface area contributed by atoms with E-state index in [1.165, 1.54) is 32.6 Å². The molecule has 0 saturated heterocycles. The number of fused-ring (bicyclic) bond motifs is 11. The van der Waals surface area contributed by atoms with E-state index < -0.39 is 0 Å². The highest BCUT2D eigenvalue weighted by Gasteiger charge is 2.21. The van der Waals surface area contributed by atoms with Crippen LogP contribution in [-0.2, 0) is 0 Å². The van der Waals surface area contributed by atoms with E-state index in [0.717, 1.165) is 61.0 Å². The van der Waals surface area contributed by atoms with Gasteiger partial charge in [0.2, 0.25) is 5.95 Å². The Kier molecular flexibility index (Phi) is 7.09. The van der Waals surface area contributed by atoms with Gasteiger partial charge in [0.1, 0.15) is 0 Å². The lowest BCUT2D eigenvalue weighted by molar-refractivity contribution is 0.953. The van der Waals surface area contributed by atoms with Gasteiger partial charge in [0.25, 0.3) is 0 Å². The fourth-order valence-electron chi connectivity index (χ4n) is 8.61. The van der Waals surface area contributed by atoms with E-state index >= 15 is 0 Å². The molecule has 6 heterocycles. The van der Waals surface area contributed by atoms with Gasteiger partial charge in [-0.15, -0.1) is 0 Å². The molecular weight excluding hydrogens is 711 g/mol. The van der Waals surface area contributed by atoms with Crippen LogP contribution in [0.4, 0.5) is 0 Å². The van der Waals surface area contributed by atoms with Gasteiger partial charge in [-0.2, -0.15) is 9.97 Å². The fourth-order valence-corrected chi connectivity index (χ4v) is 8.61. The molecule has 0 amide bonds. The van der Waals surface area contributed by atoms with E-state index in [4.69, 9.17) is 15.0 Å². The second kappa shape index (κ2) is 12.8. The summed E-state index contributed by atoms with van der Waals surface area (Å²) < 4.78 is 4.61. The summed E-state index contributed by atoms with van der Waals surface area (Å²) in [6.07, 6.45) is 3.63.